The molecule has 41 heavy (non-hydrogen) atoms. The number of rotatable bonds is 4. The van der Waals surface area contributed by atoms with Gasteiger partial charge in [-0.2, -0.15) is 0 Å². The zero-order chi connectivity index (χ0) is 32.1. The molecule has 0 fully saturated rings. The summed E-state index contributed by atoms with van der Waals surface area (Å²) in [6, 6.07) is 22.7. The summed E-state index contributed by atoms with van der Waals surface area (Å²) in [7, 11) is -4.20. The van der Waals surface area contributed by atoms with Crippen molar-refractivity contribution in [2.45, 2.75) is 156 Å². The molecule has 0 N–H and O–H groups in total. The Kier molecular flexibility index (Phi) is 10.4. The molecule has 0 aliphatic rings. The first-order valence-corrected chi connectivity index (χ1v) is 24.4. The number of benzene rings is 2. The van der Waals surface area contributed by atoms with Crippen molar-refractivity contribution in [2.75, 3.05) is 0 Å². The van der Waals surface area contributed by atoms with Crippen LogP contribution in [0.1, 0.15) is 125 Å². The molecule has 0 aromatic heterocycles. The van der Waals surface area contributed by atoms with Gasteiger partial charge in [0, 0.05) is 0 Å². The van der Waals surface area contributed by atoms with Crippen LogP contribution in [0.4, 0.5) is 0 Å². The maximum atomic E-state index is 6.70. The normalized spacial score (nSPS) is 15.1. The number of hydrogen-bond acceptors (Lipinski definition) is 2. The van der Waals surface area contributed by atoms with Crippen LogP contribution in [0.15, 0.2) is 66.6 Å². The summed E-state index contributed by atoms with van der Waals surface area (Å²) in [5, 5.41) is 0.0658. The Morgan fingerprint density at radius 3 is 0.732 bits per heavy atom. The SMILES string of the molecule is CC(C)(C)P(=[N][Sn]([N]=P(C(C)(C)C)(C(C)(C)C)C(C)(C)C)([c]1ccccc1)[c]1ccccc1)(C(C)(C)C)C(C)(C)C. The summed E-state index contributed by atoms with van der Waals surface area (Å²) < 4.78 is 16.2. The van der Waals surface area contributed by atoms with Crippen molar-refractivity contribution in [3.8, 4) is 0 Å². The third kappa shape index (κ3) is 6.43. The first-order chi connectivity index (χ1) is 18.1. The van der Waals surface area contributed by atoms with E-state index in [1.54, 1.807) is 0 Å². The van der Waals surface area contributed by atoms with E-state index in [4.69, 9.17) is 5.93 Å². The van der Waals surface area contributed by atoms with Gasteiger partial charge in [-0.15, -0.1) is 0 Å². The van der Waals surface area contributed by atoms with E-state index in [1.165, 1.54) is 7.16 Å². The second kappa shape index (κ2) is 11.6. The minimum absolute atomic E-state index is 0.0110. The van der Waals surface area contributed by atoms with Gasteiger partial charge in [0.2, 0.25) is 0 Å². The summed E-state index contributed by atoms with van der Waals surface area (Å²) in [6.45, 7) is 44.4. The van der Waals surface area contributed by atoms with Gasteiger partial charge < -0.3 is 0 Å². The number of nitrogens with zero attached hydrogens (tertiary/aromatic N) is 2. The molecule has 0 amide bonds. The van der Waals surface area contributed by atoms with Crippen LogP contribution >= 0.6 is 14.1 Å². The molecule has 5 heteroatoms. The molecule has 2 aromatic rings. The Labute approximate surface area is 261 Å². The second-order valence-electron chi connectivity index (χ2n) is 17.9. The molecule has 0 bridgehead atoms. The Balaban J connectivity index is 3.70. The summed E-state index contributed by atoms with van der Waals surface area (Å²) in [4.78, 5) is 0. The molecule has 0 heterocycles. The Morgan fingerprint density at radius 2 is 0.561 bits per heavy atom. The van der Waals surface area contributed by atoms with Crippen LogP contribution in [-0.2, 0) is 0 Å². The fourth-order valence-corrected chi connectivity index (χ4v) is 57.0. The summed E-state index contributed by atoms with van der Waals surface area (Å²) in [5.41, 5.74) is 0. The van der Waals surface area contributed by atoms with Gasteiger partial charge in [-0.25, -0.2) is 0 Å². The molecule has 232 valence electrons. The quantitative estimate of drug-likeness (QED) is 0.224. The van der Waals surface area contributed by atoms with Gasteiger partial charge in [0.05, 0.1) is 0 Å². The van der Waals surface area contributed by atoms with E-state index in [0.717, 1.165) is 0 Å². The van der Waals surface area contributed by atoms with Gasteiger partial charge in [-0.3, -0.25) is 0 Å². The van der Waals surface area contributed by atoms with Crippen molar-refractivity contribution in [1.82, 2.24) is 0 Å². The third-order valence-electron chi connectivity index (χ3n) is 8.77. The molecule has 2 aromatic carbocycles. The van der Waals surface area contributed by atoms with Crippen molar-refractivity contribution in [3.63, 3.8) is 0 Å². The second-order valence-corrected chi connectivity index (χ2v) is 39.4. The number of hydrogen-bond donors (Lipinski definition) is 0. The van der Waals surface area contributed by atoms with E-state index in [9.17, 15) is 0 Å². The van der Waals surface area contributed by atoms with Crippen molar-refractivity contribution in [1.29, 1.82) is 0 Å². The molecule has 0 aliphatic carbocycles. The van der Waals surface area contributed by atoms with Gasteiger partial charge in [-0.1, -0.05) is 0 Å². The van der Waals surface area contributed by atoms with Gasteiger partial charge in [0.1, 0.15) is 0 Å². The van der Waals surface area contributed by atoms with E-state index in [1.807, 2.05) is 0 Å². The molecule has 0 radical (unpaired) electrons. The van der Waals surface area contributed by atoms with Crippen LogP contribution in [0.3, 0.4) is 0 Å². The molecular formula is C36H64N2P2Sn. The van der Waals surface area contributed by atoms with E-state index < -0.39 is 33.0 Å². The van der Waals surface area contributed by atoms with Crippen molar-refractivity contribution in [3.05, 3.63) is 60.7 Å². The zero-order valence-electron chi connectivity index (χ0n) is 30.1. The van der Waals surface area contributed by atoms with Crippen LogP contribution < -0.4 is 7.16 Å². The van der Waals surface area contributed by atoms with Crippen LogP contribution in [0, 0.1) is 0 Å². The monoisotopic (exact) mass is 706 g/mol. The Bertz CT molecular complexity index is 1090. The first kappa shape index (κ1) is 36.9. The van der Waals surface area contributed by atoms with Crippen molar-refractivity contribution in [2.24, 2.45) is 5.93 Å². The summed E-state index contributed by atoms with van der Waals surface area (Å²) >= 11 is -4.29. The fourth-order valence-electron chi connectivity index (χ4n) is 9.13. The van der Waals surface area contributed by atoms with Gasteiger partial charge in [0.15, 0.2) is 0 Å². The molecule has 0 atom stereocenters. The molecule has 0 spiro atoms. The summed E-state index contributed by atoms with van der Waals surface area (Å²) in [5.74, 6) is 0. The van der Waals surface area contributed by atoms with Crippen molar-refractivity contribution < 1.29 is 0 Å². The first-order valence-electron chi connectivity index (χ1n) is 15.5. The standard InChI is InChI=1S/2C12H27NP.2C6H5.Sn/c2*1-10(2,3)14(13,11(4,5)6)12(7,8)9;2*1-2-4-6-5-3-1;/h2*1-9H3;2*1-5H;/q2*-1;;;+2. The minimum atomic E-state index is -4.29. The van der Waals surface area contributed by atoms with E-state index in [-0.39, 0.29) is 30.9 Å². The Morgan fingerprint density at radius 1 is 0.366 bits per heavy atom. The molecule has 0 unspecified atom stereocenters. The molecule has 0 saturated carbocycles. The average molecular weight is 706 g/mol. The van der Waals surface area contributed by atoms with E-state index in [0.29, 0.717) is 0 Å². The predicted octanol–water partition coefficient (Wildman–Crippen LogP) is 11.4. The van der Waals surface area contributed by atoms with Crippen LogP contribution in [-0.4, -0.2) is 49.9 Å². The molecule has 0 aliphatic heterocycles. The molecule has 2 rings (SSSR count). The third-order valence-corrected chi connectivity index (χ3v) is 38.2. The van der Waals surface area contributed by atoms with Gasteiger partial charge >= 0.3 is 262 Å². The topological polar surface area (TPSA) is 24.7 Å². The van der Waals surface area contributed by atoms with Crippen LogP contribution in [0.5, 0.6) is 0 Å². The van der Waals surface area contributed by atoms with E-state index in [2.05, 4.69) is 185 Å². The van der Waals surface area contributed by atoms with Crippen molar-refractivity contribution >= 4 is 40.2 Å². The fraction of sp³-hybridized carbons (Fsp3) is 0.667. The summed E-state index contributed by atoms with van der Waals surface area (Å²) in [6.07, 6.45) is 0. The molecule has 2 nitrogen and oxygen atoms in total. The van der Waals surface area contributed by atoms with Crippen LogP contribution in [0.2, 0.25) is 0 Å². The van der Waals surface area contributed by atoms with Gasteiger partial charge in [-0.05, 0) is 0 Å². The van der Waals surface area contributed by atoms with Gasteiger partial charge in [0.25, 0.3) is 0 Å². The molecule has 0 saturated heterocycles. The average Bonchev–Trinajstić information content (AvgIpc) is 2.75. The maximum absolute atomic E-state index is 6.70. The van der Waals surface area contributed by atoms with E-state index >= 15 is 0 Å². The predicted molar refractivity (Wildman–Crippen MR) is 195 cm³/mol. The van der Waals surface area contributed by atoms with Crippen LogP contribution in [0.25, 0.3) is 0 Å². The Hall–Kier alpha value is -0.301. The zero-order valence-corrected chi connectivity index (χ0v) is 34.7. The molecular weight excluding hydrogens is 641 g/mol.